The maximum Gasteiger partial charge on any atom is 0.256 e. The van der Waals surface area contributed by atoms with Crippen LogP contribution in [-0.2, 0) is 0 Å². The number of nitrogens with one attached hydrogen (secondary N) is 1. The third-order valence-electron chi connectivity index (χ3n) is 4.00. The summed E-state index contributed by atoms with van der Waals surface area (Å²) in [5.74, 6) is 0.665. The minimum Gasteiger partial charge on any atom is -0.338 e. The van der Waals surface area contributed by atoms with Gasteiger partial charge >= 0.3 is 0 Å². The summed E-state index contributed by atoms with van der Waals surface area (Å²) in [6, 6.07) is 20.6. The van der Waals surface area contributed by atoms with Crippen LogP contribution in [0.3, 0.4) is 0 Å². The van der Waals surface area contributed by atoms with E-state index in [0.29, 0.717) is 16.4 Å². The van der Waals surface area contributed by atoms with E-state index in [-0.39, 0.29) is 5.56 Å². The molecule has 0 saturated carbocycles. The van der Waals surface area contributed by atoms with E-state index in [9.17, 15) is 10.1 Å². The number of benzene rings is 1. The van der Waals surface area contributed by atoms with Crippen LogP contribution < -0.4 is 10.9 Å². The molecule has 6 heteroatoms. The molecule has 1 aromatic carbocycles. The second-order valence-corrected chi connectivity index (χ2v) is 6.77. The van der Waals surface area contributed by atoms with Crippen molar-refractivity contribution in [3.63, 3.8) is 0 Å². The summed E-state index contributed by atoms with van der Waals surface area (Å²) in [5.41, 5.74) is 2.20. The third kappa shape index (κ3) is 2.75. The van der Waals surface area contributed by atoms with E-state index in [1.54, 1.807) is 10.6 Å². The van der Waals surface area contributed by atoms with Gasteiger partial charge in [0.2, 0.25) is 0 Å². The lowest BCUT2D eigenvalue weighted by molar-refractivity contribution is 1.06. The molecular formula is C20H14N4OS. The first-order valence-corrected chi connectivity index (χ1v) is 8.84. The number of anilines is 2. The molecule has 0 unspecified atom stereocenters. The summed E-state index contributed by atoms with van der Waals surface area (Å²) < 4.78 is 1.63. The Hall–Kier alpha value is -3.43. The molecule has 0 aliphatic heterocycles. The van der Waals surface area contributed by atoms with Gasteiger partial charge in [-0.05, 0) is 37.3 Å². The largest absolute Gasteiger partial charge is 0.338 e. The molecule has 1 N–H and O–H groups in total. The molecule has 4 aromatic rings. The molecule has 0 spiro atoms. The van der Waals surface area contributed by atoms with Gasteiger partial charge in [0.1, 0.15) is 21.6 Å². The number of para-hydroxylation sites is 1. The number of hydrogen-bond acceptors (Lipinski definition) is 5. The average Bonchev–Trinajstić information content (AvgIpc) is 3.00. The fourth-order valence-electron chi connectivity index (χ4n) is 2.85. The lowest BCUT2D eigenvalue weighted by Gasteiger charge is -2.08. The minimum absolute atomic E-state index is 0.130. The molecule has 0 bridgehead atoms. The van der Waals surface area contributed by atoms with Gasteiger partial charge in [0.25, 0.3) is 5.56 Å². The summed E-state index contributed by atoms with van der Waals surface area (Å²) in [4.78, 5) is 18.2. The molecule has 5 nitrogen and oxygen atoms in total. The molecule has 0 atom stereocenters. The van der Waals surface area contributed by atoms with Crippen molar-refractivity contribution in [2.45, 2.75) is 6.92 Å². The zero-order valence-electron chi connectivity index (χ0n) is 13.9. The predicted molar refractivity (Wildman–Crippen MR) is 104 cm³/mol. The highest BCUT2D eigenvalue weighted by Gasteiger charge is 2.17. The molecular weight excluding hydrogens is 344 g/mol. The van der Waals surface area contributed by atoms with Crippen molar-refractivity contribution in [1.82, 2.24) is 9.55 Å². The molecule has 0 radical (unpaired) electrons. The van der Waals surface area contributed by atoms with E-state index in [0.717, 1.165) is 21.6 Å². The maximum atomic E-state index is 12.5. The van der Waals surface area contributed by atoms with Crippen LogP contribution in [0.1, 0.15) is 10.6 Å². The Morgan fingerprint density at radius 2 is 1.88 bits per heavy atom. The molecule has 3 heterocycles. The van der Waals surface area contributed by atoms with Crippen molar-refractivity contribution in [1.29, 1.82) is 5.26 Å². The van der Waals surface area contributed by atoms with Gasteiger partial charge in [-0.15, -0.1) is 11.3 Å². The molecule has 126 valence electrons. The van der Waals surface area contributed by atoms with Crippen LogP contribution in [-0.4, -0.2) is 9.55 Å². The summed E-state index contributed by atoms with van der Waals surface area (Å²) in [7, 11) is 0. The van der Waals surface area contributed by atoms with Crippen molar-refractivity contribution < 1.29 is 0 Å². The van der Waals surface area contributed by atoms with Crippen LogP contribution in [0.25, 0.3) is 15.9 Å². The molecule has 0 saturated heterocycles. The summed E-state index contributed by atoms with van der Waals surface area (Å²) in [5, 5.41) is 13.7. The lowest BCUT2D eigenvalue weighted by atomic mass is 10.2. The molecule has 4 rings (SSSR count). The Balaban J connectivity index is 1.95. The van der Waals surface area contributed by atoms with Crippen molar-refractivity contribution in [3.05, 3.63) is 81.6 Å². The van der Waals surface area contributed by atoms with Gasteiger partial charge in [-0.1, -0.05) is 24.3 Å². The number of pyridine rings is 2. The van der Waals surface area contributed by atoms with Crippen LogP contribution in [0, 0.1) is 18.3 Å². The third-order valence-corrected chi connectivity index (χ3v) is 5.09. The molecule has 26 heavy (non-hydrogen) atoms. The van der Waals surface area contributed by atoms with Crippen molar-refractivity contribution in [3.8, 4) is 11.8 Å². The molecule has 0 aliphatic carbocycles. The average molecular weight is 358 g/mol. The number of hydrogen-bond donors (Lipinski definition) is 1. The SMILES string of the molecule is Cc1cccc(Nc2c(C#N)sc3c2ccc(=O)n3-c2ccccc2)n1. The highest BCUT2D eigenvalue weighted by Crippen LogP contribution is 2.37. The van der Waals surface area contributed by atoms with Gasteiger partial charge in [-0.2, -0.15) is 5.26 Å². The van der Waals surface area contributed by atoms with Gasteiger partial charge in [0, 0.05) is 17.1 Å². The zero-order valence-corrected chi connectivity index (χ0v) is 14.7. The number of thiophene rings is 1. The van der Waals surface area contributed by atoms with Gasteiger partial charge in [0.05, 0.1) is 11.4 Å². The second-order valence-electron chi connectivity index (χ2n) is 5.77. The van der Waals surface area contributed by atoms with Crippen molar-refractivity contribution >= 4 is 33.1 Å². The molecule has 0 aliphatic rings. The normalized spacial score (nSPS) is 10.6. The van der Waals surface area contributed by atoms with E-state index < -0.39 is 0 Å². The topological polar surface area (TPSA) is 70.7 Å². The number of rotatable bonds is 3. The van der Waals surface area contributed by atoms with Gasteiger partial charge in [0.15, 0.2) is 0 Å². The number of nitrogens with zero attached hydrogens (tertiary/aromatic N) is 3. The van der Waals surface area contributed by atoms with E-state index >= 15 is 0 Å². The van der Waals surface area contributed by atoms with Gasteiger partial charge < -0.3 is 5.32 Å². The van der Waals surface area contributed by atoms with Crippen LogP contribution in [0.2, 0.25) is 0 Å². The summed E-state index contributed by atoms with van der Waals surface area (Å²) in [6.45, 7) is 1.91. The second kappa shape index (κ2) is 6.47. The smallest absolute Gasteiger partial charge is 0.256 e. The van der Waals surface area contributed by atoms with Crippen molar-refractivity contribution in [2.24, 2.45) is 0 Å². The highest BCUT2D eigenvalue weighted by molar-refractivity contribution is 7.20. The van der Waals surface area contributed by atoms with E-state index in [1.165, 1.54) is 17.4 Å². The van der Waals surface area contributed by atoms with Crippen LogP contribution in [0.15, 0.2) is 65.5 Å². The predicted octanol–water partition coefficient (Wildman–Crippen LogP) is 4.37. The Bertz CT molecular complexity index is 1200. The van der Waals surface area contributed by atoms with Gasteiger partial charge in [-0.25, -0.2) is 4.98 Å². The van der Waals surface area contributed by atoms with Gasteiger partial charge in [-0.3, -0.25) is 9.36 Å². The number of aryl methyl sites for hydroxylation is 1. The Morgan fingerprint density at radius 1 is 1.08 bits per heavy atom. The monoisotopic (exact) mass is 358 g/mol. The van der Waals surface area contributed by atoms with E-state index in [1.807, 2.05) is 55.5 Å². The van der Waals surface area contributed by atoms with Crippen LogP contribution in [0.5, 0.6) is 0 Å². The van der Waals surface area contributed by atoms with Crippen LogP contribution >= 0.6 is 11.3 Å². The first kappa shape index (κ1) is 16.1. The number of fused-ring (bicyclic) bond motifs is 1. The Labute approximate surface area is 153 Å². The zero-order chi connectivity index (χ0) is 18.1. The summed E-state index contributed by atoms with van der Waals surface area (Å²) >= 11 is 1.29. The molecule has 0 amide bonds. The standard InChI is InChI=1S/C20H14N4OS/c1-13-6-5-9-17(22-13)23-19-15-10-11-18(25)24(14-7-3-2-4-8-14)20(15)26-16(19)12-21/h2-11H,1H3,(H,22,23). The minimum atomic E-state index is -0.130. The van der Waals surface area contributed by atoms with E-state index in [2.05, 4.69) is 16.4 Å². The fourth-order valence-corrected chi connectivity index (χ4v) is 3.92. The Kier molecular flexibility index (Phi) is 3.99. The first-order valence-electron chi connectivity index (χ1n) is 8.02. The highest BCUT2D eigenvalue weighted by atomic mass is 32.1. The molecule has 0 fully saturated rings. The van der Waals surface area contributed by atoms with Crippen LogP contribution in [0.4, 0.5) is 11.5 Å². The quantitative estimate of drug-likeness (QED) is 0.590. The van der Waals surface area contributed by atoms with E-state index in [4.69, 9.17) is 0 Å². The molecule has 3 aromatic heterocycles. The maximum absolute atomic E-state index is 12.5. The summed E-state index contributed by atoms with van der Waals surface area (Å²) in [6.07, 6.45) is 0. The number of nitriles is 1. The Morgan fingerprint density at radius 3 is 2.62 bits per heavy atom. The first-order chi connectivity index (χ1) is 12.7. The lowest BCUT2D eigenvalue weighted by Crippen LogP contribution is -2.16. The number of aromatic nitrogens is 2. The fraction of sp³-hybridized carbons (Fsp3) is 0.0500. The van der Waals surface area contributed by atoms with Crippen molar-refractivity contribution in [2.75, 3.05) is 5.32 Å².